The molecule has 0 bridgehead atoms. The monoisotopic (exact) mass is 1020 g/mol. The second-order valence-electron chi connectivity index (χ2n) is 14.5. The van der Waals surface area contributed by atoms with E-state index in [0.29, 0.717) is 41.7 Å². The average molecular weight is 1030 g/mol. The molecule has 16 nitrogen and oxygen atoms in total. The zero-order valence-corrected chi connectivity index (χ0v) is 40.6. The van der Waals surface area contributed by atoms with Crippen molar-refractivity contribution in [2.75, 3.05) is 34.5 Å². The maximum atomic E-state index is 13.5. The number of ketones is 2. The molecule has 2 atom stereocenters. The third-order valence-electron chi connectivity index (χ3n) is 9.52. The van der Waals surface area contributed by atoms with Gasteiger partial charge in [0, 0.05) is 40.1 Å². The van der Waals surface area contributed by atoms with E-state index in [4.69, 9.17) is 67.5 Å². The van der Waals surface area contributed by atoms with Gasteiger partial charge in [-0.05, 0) is 123 Å². The minimum atomic E-state index is -1.65. The number of halogens is 5. The zero-order chi connectivity index (χ0) is 49.5. The predicted octanol–water partition coefficient (Wildman–Crippen LogP) is 11.9. The highest BCUT2D eigenvalue weighted by Gasteiger charge is 2.26. The number of Topliss-reactive ketones (excluding diaryl/α,β-unsaturated/α-hetero) is 2. The van der Waals surface area contributed by atoms with Crippen LogP contribution in [-0.4, -0.2) is 60.5 Å². The molecule has 2 unspecified atom stereocenters. The number of carbonyl (C=O) groups excluding carboxylic acids is 6. The highest BCUT2D eigenvalue weighted by molar-refractivity contribution is 6.33. The SMILES string of the molecule is CCOc1cc(CCl)ccc1NC(=O)c1ccc(Cl)c(N=NC(C(C)=O)C(=O)Nc2ccc(NC(=O)C(N=Nc3cc(C(=O)Nc4ccc(CCl)cc4OCC)ccc3Cl)C(C)=O)c(CCl)c2)c1. The molecule has 0 radical (unpaired) electrons. The summed E-state index contributed by atoms with van der Waals surface area (Å²) in [6, 6.07) is 19.7. The largest absolute Gasteiger partial charge is 0.492 e. The van der Waals surface area contributed by atoms with Crippen LogP contribution in [0, 0.1) is 0 Å². The van der Waals surface area contributed by atoms with E-state index in [1.165, 1.54) is 54.6 Å². The molecule has 5 rings (SSSR count). The van der Waals surface area contributed by atoms with Crippen LogP contribution in [0.25, 0.3) is 0 Å². The first-order chi connectivity index (χ1) is 32.6. The Bertz CT molecular complexity index is 2790. The Balaban J connectivity index is 1.26. The van der Waals surface area contributed by atoms with E-state index >= 15 is 0 Å². The van der Waals surface area contributed by atoms with Gasteiger partial charge in [0.05, 0.1) is 34.6 Å². The molecule has 0 aliphatic rings. The van der Waals surface area contributed by atoms with Gasteiger partial charge in [0.2, 0.25) is 12.1 Å². The second-order valence-corrected chi connectivity index (χ2v) is 16.1. The second kappa shape index (κ2) is 25.1. The molecule has 68 heavy (non-hydrogen) atoms. The van der Waals surface area contributed by atoms with E-state index in [-0.39, 0.29) is 61.6 Å². The maximum Gasteiger partial charge on any atom is 0.258 e. The number of anilines is 4. The van der Waals surface area contributed by atoms with E-state index in [0.717, 1.165) is 25.0 Å². The number of ether oxygens (including phenoxy) is 2. The van der Waals surface area contributed by atoms with Crippen molar-refractivity contribution in [1.29, 1.82) is 0 Å². The van der Waals surface area contributed by atoms with Gasteiger partial charge in [-0.2, -0.15) is 20.5 Å². The average Bonchev–Trinajstić information content (AvgIpc) is 3.31. The highest BCUT2D eigenvalue weighted by atomic mass is 35.5. The lowest BCUT2D eigenvalue weighted by molar-refractivity contribution is -0.127. The lowest BCUT2D eigenvalue weighted by Crippen LogP contribution is -2.32. The summed E-state index contributed by atoms with van der Waals surface area (Å²) >= 11 is 30.9. The van der Waals surface area contributed by atoms with Crippen LogP contribution in [0.2, 0.25) is 10.0 Å². The Morgan fingerprint density at radius 1 is 0.529 bits per heavy atom. The van der Waals surface area contributed by atoms with Crippen LogP contribution in [0.3, 0.4) is 0 Å². The van der Waals surface area contributed by atoms with E-state index < -0.39 is 47.3 Å². The maximum absolute atomic E-state index is 13.5. The molecule has 0 saturated carbocycles. The molecular formula is C47H43Cl5N8O8. The smallest absolute Gasteiger partial charge is 0.258 e. The predicted molar refractivity (Wildman–Crippen MR) is 264 cm³/mol. The number of carbonyl (C=O) groups is 6. The van der Waals surface area contributed by atoms with Gasteiger partial charge >= 0.3 is 0 Å². The number of benzene rings is 5. The summed E-state index contributed by atoms with van der Waals surface area (Å²) in [7, 11) is 0. The number of rotatable bonds is 21. The highest BCUT2D eigenvalue weighted by Crippen LogP contribution is 2.33. The van der Waals surface area contributed by atoms with Gasteiger partial charge in [-0.25, -0.2) is 0 Å². The Kier molecular flexibility index (Phi) is 19.4. The molecular weight excluding hydrogens is 982 g/mol. The fraction of sp³-hybridized carbons (Fsp3) is 0.234. The van der Waals surface area contributed by atoms with Gasteiger partial charge < -0.3 is 30.7 Å². The van der Waals surface area contributed by atoms with E-state index in [1.54, 1.807) is 50.2 Å². The van der Waals surface area contributed by atoms with Crippen LogP contribution in [-0.2, 0) is 36.8 Å². The van der Waals surface area contributed by atoms with Crippen LogP contribution in [0.5, 0.6) is 11.5 Å². The van der Waals surface area contributed by atoms with Crippen molar-refractivity contribution < 1.29 is 38.2 Å². The number of nitrogens with one attached hydrogen (secondary N) is 4. The number of hydrogen-bond acceptors (Lipinski definition) is 12. The summed E-state index contributed by atoms with van der Waals surface area (Å²) in [6.45, 7) is 6.61. The third kappa shape index (κ3) is 14.1. The first kappa shape index (κ1) is 52.5. The van der Waals surface area contributed by atoms with Crippen LogP contribution in [0.1, 0.15) is 65.1 Å². The first-order valence-corrected chi connectivity index (χ1v) is 22.9. The van der Waals surface area contributed by atoms with Gasteiger partial charge in [0.25, 0.3) is 23.6 Å². The lowest BCUT2D eigenvalue weighted by Gasteiger charge is -2.15. The van der Waals surface area contributed by atoms with E-state index in [2.05, 4.69) is 41.7 Å². The Morgan fingerprint density at radius 3 is 1.38 bits per heavy atom. The topological polar surface area (TPSA) is 218 Å². The van der Waals surface area contributed by atoms with Crippen molar-refractivity contribution in [3.05, 3.63) is 129 Å². The number of nitrogens with zero attached hydrogens (tertiary/aromatic N) is 4. The Hall–Kier alpha value is -6.43. The van der Waals surface area contributed by atoms with Crippen molar-refractivity contribution in [3.8, 4) is 11.5 Å². The first-order valence-electron chi connectivity index (χ1n) is 20.6. The van der Waals surface area contributed by atoms with Gasteiger partial charge in [-0.15, -0.1) is 34.8 Å². The zero-order valence-electron chi connectivity index (χ0n) is 36.8. The number of alkyl halides is 3. The van der Waals surface area contributed by atoms with E-state index in [1.807, 2.05) is 0 Å². The molecule has 354 valence electrons. The molecule has 4 N–H and O–H groups in total. The number of amides is 4. The molecule has 5 aromatic rings. The molecule has 0 heterocycles. The van der Waals surface area contributed by atoms with Crippen LogP contribution < -0.4 is 30.7 Å². The lowest BCUT2D eigenvalue weighted by atomic mass is 10.1. The summed E-state index contributed by atoms with van der Waals surface area (Å²) in [5, 5.41) is 27.0. The quantitative estimate of drug-likeness (QED) is 0.0314. The van der Waals surface area contributed by atoms with Crippen molar-refractivity contribution in [3.63, 3.8) is 0 Å². The summed E-state index contributed by atoms with van der Waals surface area (Å²) in [4.78, 5) is 78.7. The summed E-state index contributed by atoms with van der Waals surface area (Å²) in [5.41, 5.74) is 3.39. The van der Waals surface area contributed by atoms with Gasteiger partial charge in [0.1, 0.15) is 22.9 Å². The molecule has 0 aromatic heterocycles. The fourth-order valence-electron chi connectivity index (χ4n) is 6.10. The van der Waals surface area contributed by atoms with Crippen molar-refractivity contribution in [1.82, 2.24) is 0 Å². The van der Waals surface area contributed by atoms with Crippen molar-refractivity contribution >= 4 is 127 Å². The molecule has 0 saturated heterocycles. The van der Waals surface area contributed by atoms with Crippen molar-refractivity contribution in [2.45, 2.75) is 57.4 Å². The fourth-order valence-corrected chi connectivity index (χ4v) is 6.96. The number of azo groups is 2. The van der Waals surface area contributed by atoms with Crippen LogP contribution in [0.4, 0.5) is 34.1 Å². The van der Waals surface area contributed by atoms with Gasteiger partial charge in [0.15, 0.2) is 11.6 Å². The molecule has 0 spiro atoms. The van der Waals surface area contributed by atoms with Crippen LogP contribution in [0.15, 0.2) is 111 Å². The number of hydrogen-bond donors (Lipinski definition) is 4. The minimum Gasteiger partial charge on any atom is -0.492 e. The Morgan fingerprint density at radius 2 is 0.971 bits per heavy atom. The molecule has 21 heteroatoms. The summed E-state index contributed by atoms with van der Waals surface area (Å²) < 4.78 is 11.3. The summed E-state index contributed by atoms with van der Waals surface area (Å²) in [6.07, 6.45) is 0. The third-order valence-corrected chi connectivity index (χ3v) is 11.1. The standard InChI is InChI=1S/C47H43Cl5N8O8/c1-5-67-40-17-27(22-48)7-14-36(40)55-44(63)29-9-12-33(51)38(20-29)57-59-42(25(3)61)46(65)53-32-11-16-35(31(19-32)24-50)54-47(66)43(26(4)62)60-58-39-21-30(10-13-34(39)52)45(64)56-37-15-8-28(23-49)18-41(37)68-6-2/h7-21,42-43H,5-6,22-24H2,1-4H3,(H,53,65)(H,54,66)(H,55,63)(H,56,64). The van der Waals surface area contributed by atoms with Gasteiger partial charge in [-0.3, -0.25) is 28.8 Å². The molecule has 0 fully saturated rings. The Labute approximate surface area is 416 Å². The molecule has 5 aromatic carbocycles. The normalized spacial score (nSPS) is 12.0. The summed E-state index contributed by atoms with van der Waals surface area (Å²) in [5.74, 6) is -2.89. The van der Waals surface area contributed by atoms with Crippen molar-refractivity contribution in [2.24, 2.45) is 20.5 Å². The minimum absolute atomic E-state index is 0.00688. The van der Waals surface area contributed by atoms with Gasteiger partial charge in [-0.1, -0.05) is 35.3 Å². The molecule has 0 aliphatic heterocycles. The van der Waals surface area contributed by atoms with Crippen LogP contribution >= 0.6 is 58.0 Å². The van der Waals surface area contributed by atoms with E-state index in [9.17, 15) is 28.8 Å². The molecule has 4 amide bonds. The molecule has 0 aliphatic carbocycles.